The van der Waals surface area contributed by atoms with Crippen LogP contribution in [0.4, 0.5) is 0 Å². The van der Waals surface area contributed by atoms with Gasteiger partial charge in [0.1, 0.15) is 6.23 Å². The molecule has 1 aliphatic rings. The molecular formula is C16H28N2O4Si. The van der Waals surface area contributed by atoms with Crippen molar-refractivity contribution in [2.45, 2.75) is 77.1 Å². The predicted octanol–water partition coefficient (Wildman–Crippen LogP) is 2.62. The Balaban J connectivity index is 2.21. The van der Waals surface area contributed by atoms with E-state index in [1.165, 1.54) is 16.8 Å². The first-order valence-corrected chi connectivity index (χ1v) is 11.1. The zero-order valence-corrected chi connectivity index (χ0v) is 15.9. The van der Waals surface area contributed by atoms with E-state index in [0.29, 0.717) is 6.42 Å². The molecule has 1 unspecified atom stereocenters. The summed E-state index contributed by atoms with van der Waals surface area (Å²) >= 11 is 0. The highest BCUT2D eigenvalue weighted by Gasteiger charge is 2.44. The Morgan fingerprint density at radius 3 is 2.57 bits per heavy atom. The van der Waals surface area contributed by atoms with Crippen molar-refractivity contribution in [2.24, 2.45) is 0 Å². The van der Waals surface area contributed by atoms with E-state index in [0.717, 1.165) is 6.42 Å². The van der Waals surface area contributed by atoms with Gasteiger partial charge in [-0.3, -0.25) is 14.3 Å². The Morgan fingerprint density at radius 2 is 2.04 bits per heavy atom. The number of H-pyrrole nitrogens is 1. The number of aromatic amines is 1. The van der Waals surface area contributed by atoms with Crippen LogP contribution in [-0.4, -0.2) is 30.1 Å². The summed E-state index contributed by atoms with van der Waals surface area (Å²) in [6, 6.07) is 1.34. The molecule has 130 valence electrons. The minimum atomic E-state index is -1.91. The summed E-state index contributed by atoms with van der Waals surface area (Å²) in [5.41, 5.74) is -0.837. The highest BCUT2D eigenvalue weighted by atomic mass is 28.4. The maximum absolute atomic E-state index is 12.0. The van der Waals surface area contributed by atoms with E-state index >= 15 is 0 Å². The molecule has 6 nitrogen and oxygen atoms in total. The number of hydrogen-bond donors (Lipinski definition) is 1. The van der Waals surface area contributed by atoms with E-state index < -0.39 is 19.6 Å². The molecule has 1 aromatic heterocycles. The summed E-state index contributed by atoms with van der Waals surface area (Å²) in [6.07, 6.45) is 2.50. The first kappa shape index (κ1) is 18.2. The molecule has 23 heavy (non-hydrogen) atoms. The smallest absolute Gasteiger partial charge is 0.330 e. The average molecular weight is 340 g/mol. The SMILES string of the molecule is CC[C@H]1O[C@@H](n2ccc(=O)[nH]c2=O)CC1O[Si](C)(C)C(C)(C)C. The molecule has 3 atom stereocenters. The fourth-order valence-corrected chi connectivity index (χ4v) is 3.93. The van der Waals surface area contributed by atoms with Crippen LogP contribution in [0.25, 0.3) is 0 Å². The third-order valence-corrected chi connectivity index (χ3v) is 9.50. The Hall–Kier alpha value is -1.18. The third kappa shape index (κ3) is 3.84. The number of hydrogen-bond acceptors (Lipinski definition) is 4. The lowest BCUT2D eigenvalue weighted by Crippen LogP contribution is -2.45. The molecule has 0 saturated carbocycles. The van der Waals surface area contributed by atoms with Gasteiger partial charge < -0.3 is 9.16 Å². The molecule has 0 aliphatic carbocycles. The zero-order chi connectivity index (χ0) is 17.4. The summed E-state index contributed by atoms with van der Waals surface area (Å²) < 4.78 is 14.0. The van der Waals surface area contributed by atoms with Crippen LogP contribution >= 0.6 is 0 Å². The van der Waals surface area contributed by atoms with E-state index in [1.54, 1.807) is 0 Å². The monoisotopic (exact) mass is 340 g/mol. The molecule has 2 heterocycles. The first-order valence-electron chi connectivity index (χ1n) is 8.20. The molecule has 1 fully saturated rings. The summed E-state index contributed by atoms with van der Waals surface area (Å²) in [4.78, 5) is 25.5. The van der Waals surface area contributed by atoms with Crippen LogP contribution in [0.1, 0.15) is 46.8 Å². The van der Waals surface area contributed by atoms with Gasteiger partial charge in [-0.25, -0.2) is 4.79 Å². The van der Waals surface area contributed by atoms with Gasteiger partial charge in [-0.15, -0.1) is 0 Å². The van der Waals surface area contributed by atoms with Crippen LogP contribution in [0.2, 0.25) is 18.1 Å². The summed E-state index contributed by atoms with van der Waals surface area (Å²) in [6.45, 7) is 13.1. The lowest BCUT2D eigenvalue weighted by molar-refractivity contribution is -0.0197. The molecule has 0 amide bonds. The van der Waals surface area contributed by atoms with E-state index in [1.807, 2.05) is 0 Å². The lowest BCUT2D eigenvalue weighted by Gasteiger charge is -2.39. The van der Waals surface area contributed by atoms with E-state index in [9.17, 15) is 9.59 Å². The second-order valence-electron chi connectivity index (χ2n) is 7.71. The lowest BCUT2D eigenvalue weighted by atomic mass is 10.1. The van der Waals surface area contributed by atoms with Gasteiger partial charge in [-0.2, -0.15) is 0 Å². The predicted molar refractivity (Wildman–Crippen MR) is 92.2 cm³/mol. The van der Waals surface area contributed by atoms with Crippen molar-refractivity contribution in [3.63, 3.8) is 0 Å². The van der Waals surface area contributed by atoms with Gasteiger partial charge in [0.25, 0.3) is 5.56 Å². The van der Waals surface area contributed by atoms with Crippen LogP contribution in [0.5, 0.6) is 0 Å². The summed E-state index contributed by atoms with van der Waals surface area (Å²) in [5, 5.41) is 0.123. The fourth-order valence-electron chi connectivity index (χ4n) is 2.57. The Labute approximate surface area is 138 Å². The van der Waals surface area contributed by atoms with Crippen molar-refractivity contribution in [3.05, 3.63) is 33.1 Å². The first-order chi connectivity index (χ1) is 10.5. The molecule has 0 radical (unpaired) electrons. The Kier molecular flexibility index (Phi) is 5.03. The Morgan fingerprint density at radius 1 is 1.39 bits per heavy atom. The maximum atomic E-state index is 12.0. The second-order valence-corrected chi connectivity index (χ2v) is 12.5. The van der Waals surface area contributed by atoms with Gasteiger partial charge in [0.2, 0.25) is 0 Å². The standard InChI is InChI=1S/C16H28N2O4Si/c1-7-11-12(22-23(5,6)16(2,3)4)10-14(21-11)18-9-8-13(19)17-15(18)20/h8-9,11-12,14H,7,10H2,1-6H3,(H,17,19,20)/t11-,12?,14-/m1/s1. The van der Waals surface area contributed by atoms with Gasteiger partial charge in [-0.05, 0) is 24.6 Å². The fraction of sp³-hybridized carbons (Fsp3) is 0.750. The van der Waals surface area contributed by atoms with Crippen LogP contribution in [0.3, 0.4) is 0 Å². The zero-order valence-electron chi connectivity index (χ0n) is 14.9. The van der Waals surface area contributed by atoms with Crippen molar-refractivity contribution in [1.82, 2.24) is 9.55 Å². The van der Waals surface area contributed by atoms with Crippen LogP contribution in [0.15, 0.2) is 21.9 Å². The second kappa shape index (κ2) is 6.37. The Bertz CT molecular complexity index is 659. The van der Waals surface area contributed by atoms with Crippen molar-refractivity contribution in [2.75, 3.05) is 0 Å². The van der Waals surface area contributed by atoms with Crippen molar-refractivity contribution in [3.8, 4) is 0 Å². The van der Waals surface area contributed by atoms with Crippen LogP contribution in [-0.2, 0) is 9.16 Å². The van der Waals surface area contributed by atoms with E-state index in [-0.39, 0.29) is 23.5 Å². The van der Waals surface area contributed by atoms with Gasteiger partial charge in [0, 0.05) is 18.7 Å². The van der Waals surface area contributed by atoms with Crippen LogP contribution in [0, 0.1) is 0 Å². The molecule has 1 N–H and O–H groups in total. The normalized spacial score (nSPS) is 25.7. The largest absolute Gasteiger partial charge is 0.411 e. The number of rotatable bonds is 4. The van der Waals surface area contributed by atoms with Gasteiger partial charge in [-0.1, -0.05) is 27.7 Å². The summed E-state index contributed by atoms with van der Waals surface area (Å²) in [7, 11) is -1.91. The number of aromatic nitrogens is 2. The number of nitrogens with one attached hydrogen (secondary N) is 1. The van der Waals surface area contributed by atoms with Gasteiger partial charge in [0.15, 0.2) is 8.32 Å². The molecule has 1 aliphatic heterocycles. The molecule has 0 bridgehead atoms. The molecule has 0 spiro atoms. The molecule has 0 aromatic carbocycles. The summed E-state index contributed by atoms with van der Waals surface area (Å²) in [5.74, 6) is 0. The minimum absolute atomic E-state index is 0.0234. The third-order valence-electron chi connectivity index (χ3n) is 5.00. The van der Waals surface area contributed by atoms with Crippen molar-refractivity contribution < 1.29 is 9.16 Å². The number of nitrogens with zero attached hydrogens (tertiary/aromatic N) is 1. The van der Waals surface area contributed by atoms with E-state index in [2.05, 4.69) is 45.8 Å². The molecule has 1 aromatic rings. The highest BCUT2D eigenvalue weighted by Crippen LogP contribution is 2.41. The molecule has 1 saturated heterocycles. The van der Waals surface area contributed by atoms with Gasteiger partial charge >= 0.3 is 5.69 Å². The number of ether oxygens (including phenoxy) is 1. The van der Waals surface area contributed by atoms with Crippen molar-refractivity contribution in [1.29, 1.82) is 0 Å². The molecule has 7 heteroatoms. The minimum Gasteiger partial charge on any atom is -0.411 e. The maximum Gasteiger partial charge on any atom is 0.330 e. The molecule has 2 rings (SSSR count). The quantitative estimate of drug-likeness (QED) is 0.855. The van der Waals surface area contributed by atoms with Gasteiger partial charge in [0.05, 0.1) is 12.2 Å². The average Bonchev–Trinajstić information content (AvgIpc) is 2.79. The topological polar surface area (TPSA) is 73.3 Å². The van der Waals surface area contributed by atoms with E-state index in [4.69, 9.17) is 9.16 Å². The van der Waals surface area contributed by atoms with Crippen LogP contribution < -0.4 is 11.2 Å². The molecular weight excluding hydrogens is 312 g/mol. The van der Waals surface area contributed by atoms with Crippen molar-refractivity contribution >= 4 is 8.32 Å². The highest BCUT2D eigenvalue weighted by molar-refractivity contribution is 6.74.